The lowest BCUT2D eigenvalue weighted by atomic mass is 10.4. The van der Waals surface area contributed by atoms with Gasteiger partial charge in [0.2, 0.25) is 0 Å². The molecule has 4 nitrogen and oxygen atoms in total. The molecule has 0 spiro atoms. The largest absolute Gasteiger partial charge is 0.362 e. The van der Waals surface area contributed by atoms with Crippen molar-refractivity contribution in [2.24, 2.45) is 0 Å². The van der Waals surface area contributed by atoms with Gasteiger partial charge in [-0.25, -0.2) is 0 Å². The molecule has 0 N–H and O–H groups in total. The molecule has 2 heterocycles. The maximum atomic E-state index is 12.4. The lowest BCUT2D eigenvalue weighted by Gasteiger charge is -2.15. The summed E-state index contributed by atoms with van der Waals surface area (Å²) in [5, 5.41) is 0.649. The first kappa shape index (κ1) is 11.6. The minimum absolute atomic E-state index is 0.383. The normalized spacial score (nSPS) is 14.4. The van der Waals surface area contributed by atoms with Gasteiger partial charge in [-0.1, -0.05) is 6.08 Å². The Morgan fingerprint density at radius 1 is 1.38 bits per heavy atom. The number of nitrogens with zero attached hydrogens (tertiary/aromatic N) is 1. The molecule has 0 bridgehead atoms. The summed E-state index contributed by atoms with van der Waals surface area (Å²) in [4.78, 5) is 0. The van der Waals surface area contributed by atoms with Gasteiger partial charge in [0.1, 0.15) is 0 Å². The van der Waals surface area contributed by atoms with Crippen LogP contribution in [0.1, 0.15) is 19.5 Å². The molecule has 0 saturated carbocycles. The average Bonchev–Trinajstić information content (AvgIpc) is 2.77. The van der Waals surface area contributed by atoms with Crippen LogP contribution in [-0.4, -0.2) is 17.8 Å². The van der Waals surface area contributed by atoms with Crippen LogP contribution in [0.15, 0.2) is 18.3 Å². The first-order chi connectivity index (χ1) is 7.69. The Bertz CT molecular complexity index is 440. The molecule has 0 aromatic carbocycles. The Labute approximate surface area is 95.4 Å². The van der Waals surface area contributed by atoms with Crippen LogP contribution >= 0.6 is 7.60 Å². The van der Waals surface area contributed by atoms with Crippen molar-refractivity contribution in [2.75, 3.05) is 13.2 Å². The van der Waals surface area contributed by atoms with E-state index in [0.29, 0.717) is 18.5 Å². The van der Waals surface area contributed by atoms with Gasteiger partial charge < -0.3 is 13.6 Å². The van der Waals surface area contributed by atoms with E-state index in [4.69, 9.17) is 9.05 Å². The summed E-state index contributed by atoms with van der Waals surface area (Å²) in [6.45, 7) is 5.22. The molecule has 1 aromatic rings. The quantitative estimate of drug-likeness (QED) is 0.743. The average molecular weight is 241 g/mol. The summed E-state index contributed by atoms with van der Waals surface area (Å²) in [5.41, 5.74) is 1.05. The van der Waals surface area contributed by atoms with E-state index in [1.54, 1.807) is 0 Å². The molecule has 2 rings (SSSR count). The van der Waals surface area contributed by atoms with E-state index in [9.17, 15) is 4.57 Å². The summed E-state index contributed by atoms with van der Waals surface area (Å²) < 4.78 is 25.0. The second-order valence-electron chi connectivity index (χ2n) is 3.51. The Morgan fingerprint density at radius 2 is 2.06 bits per heavy atom. The lowest BCUT2D eigenvalue weighted by Crippen LogP contribution is -2.09. The number of fused-ring (bicyclic) bond motifs is 1. The number of allylic oxidation sites excluding steroid dienone is 1. The maximum absolute atomic E-state index is 12.4. The second-order valence-corrected chi connectivity index (χ2v) is 5.54. The van der Waals surface area contributed by atoms with Crippen LogP contribution in [0.3, 0.4) is 0 Å². The van der Waals surface area contributed by atoms with Crippen molar-refractivity contribution in [1.29, 1.82) is 0 Å². The molecule has 88 valence electrons. The zero-order valence-electron chi connectivity index (χ0n) is 9.55. The molecular weight excluding hydrogens is 225 g/mol. The molecule has 0 atom stereocenters. The van der Waals surface area contributed by atoms with Gasteiger partial charge in [-0.2, -0.15) is 0 Å². The fourth-order valence-electron chi connectivity index (χ4n) is 1.77. The molecule has 0 aliphatic carbocycles. The Morgan fingerprint density at radius 3 is 2.62 bits per heavy atom. The summed E-state index contributed by atoms with van der Waals surface area (Å²) in [6, 6.07) is 1.87. The third-order valence-electron chi connectivity index (χ3n) is 2.42. The van der Waals surface area contributed by atoms with Crippen molar-refractivity contribution >= 4 is 19.0 Å². The van der Waals surface area contributed by atoms with Gasteiger partial charge in [-0.05, 0) is 26.0 Å². The van der Waals surface area contributed by atoms with E-state index in [0.717, 1.165) is 12.2 Å². The molecular formula is C11H16NO3P. The van der Waals surface area contributed by atoms with Gasteiger partial charge in [0, 0.05) is 18.4 Å². The minimum Gasteiger partial charge on any atom is -0.343 e. The van der Waals surface area contributed by atoms with Crippen LogP contribution in [0.25, 0.3) is 6.08 Å². The first-order valence-electron chi connectivity index (χ1n) is 5.46. The van der Waals surface area contributed by atoms with Crippen LogP contribution in [0, 0.1) is 0 Å². The highest BCUT2D eigenvalue weighted by atomic mass is 31.2. The van der Waals surface area contributed by atoms with Crippen molar-refractivity contribution in [3.63, 3.8) is 0 Å². The molecule has 5 heteroatoms. The van der Waals surface area contributed by atoms with Gasteiger partial charge >= 0.3 is 7.60 Å². The van der Waals surface area contributed by atoms with Crippen LogP contribution in [0.4, 0.5) is 0 Å². The fraction of sp³-hybridized carbons (Fsp3) is 0.455. The van der Waals surface area contributed by atoms with Gasteiger partial charge in [0.15, 0.2) is 0 Å². The van der Waals surface area contributed by atoms with Crippen molar-refractivity contribution in [1.82, 2.24) is 4.57 Å². The van der Waals surface area contributed by atoms with E-state index < -0.39 is 7.60 Å². The minimum atomic E-state index is -3.11. The lowest BCUT2D eigenvalue weighted by molar-refractivity contribution is 0.230. The highest BCUT2D eigenvalue weighted by Gasteiger charge is 2.29. The summed E-state index contributed by atoms with van der Waals surface area (Å²) in [5.74, 6) is 0. The first-order valence-corrected chi connectivity index (χ1v) is 7.00. The molecule has 0 unspecified atom stereocenters. The Balaban J connectivity index is 2.31. The van der Waals surface area contributed by atoms with Gasteiger partial charge in [-0.15, -0.1) is 0 Å². The Hall–Kier alpha value is -0.830. The third kappa shape index (κ3) is 2.01. The monoisotopic (exact) mass is 241 g/mol. The molecule has 0 amide bonds. The van der Waals surface area contributed by atoms with Gasteiger partial charge in [0.25, 0.3) is 0 Å². The van der Waals surface area contributed by atoms with Crippen molar-refractivity contribution < 1.29 is 13.6 Å². The molecule has 0 saturated heterocycles. The standard InChI is InChI=1S/C11H16NO3P/c1-3-14-16(13,15-4-2)11-8-10-6-5-7-12(10)9-11/h5-6,8-9H,3-4,7H2,1-2H3. The van der Waals surface area contributed by atoms with E-state index in [2.05, 4.69) is 6.08 Å². The fourth-order valence-corrected chi connectivity index (χ4v) is 3.39. The zero-order chi connectivity index (χ0) is 11.6. The van der Waals surface area contributed by atoms with E-state index in [-0.39, 0.29) is 0 Å². The summed E-state index contributed by atoms with van der Waals surface area (Å²) in [7, 11) is -3.11. The van der Waals surface area contributed by atoms with E-state index >= 15 is 0 Å². The molecule has 0 radical (unpaired) electrons. The second kappa shape index (κ2) is 4.58. The molecule has 16 heavy (non-hydrogen) atoms. The summed E-state index contributed by atoms with van der Waals surface area (Å²) in [6.07, 6.45) is 5.92. The van der Waals surface area contributed by atoms with Crippen molar-refractivity contribution in [3.05, 3.63) is 24.0 Å². The van der Waals surface area contributed by atoms with E-state index in [1.807, 2.05) is 36.8 Å². The topological polar surface area (TPSA) is 40.5 Å². The number of aromatic nitrogens is 1. The molecule has 1 aliphatic heterocycles. The molecule has 1 aliphatic rings. The highest BCUT2D eigenvalue weighted by Crippen LogP contribution is 2.47. The van der Waals surface area contributed by atoms with Crippen LogP contribution in [0.5, 0.6) is 0 Å². The van der Waals surface area contributed by atoms with Gasteiger partial charge in [-0.3, -0.25) is 4.57 Å². The SMILES string of the molecule is CCOP(=O)(OCC)c1cc2n(c1)CC=C2. The van der Waals surface area contributed by atoms with Crippen molar-refractivity contribution in [3.8, 4) is 0 Å². The third-order valence-corrected chi connectivity index (χ3v) is 4.49. The number of hydrogen-bond acceptors (Lipinski definition) is 3. The smallest absolute Gasteiger partial charge is 0.343 e. The molecule has 1 aromatic heterocycles. The summed E-state index contributed by atoms with van der Waals surface area (Å²) >= 11 is 0. The van der Waals surface area contributed by atoms with E-state index in [1.165, 1.54) is 0 Å². The van der Waals surface area contributed by atoms with Gasteiger partial charge in [0.05, 0.1) is 18.5 Å². The highest BCUT2D eigenvalue weighted by molar-refractivity contribution is 7.62. The number of rotatable bonds is 5. The predicted molar refractivity (Wildman–Crippen MR) is 64.0 cm³/mol. The van der Waals surface area contributed by atoms with Crippen LogP contribution in [0.2, 0.25) is 0 Å². The predicted octanol–water partition coefficient (Wildman–Crippen LogP) is 2.41. The zero-order valence-corrected chi connectivity index (χ0v) is 10.4. The maximum Gasteiger partial charge on any atom is 0.362 e. The molecule has 0 fully saturated rings. The van der Waals surface area contributed by atoms with Crippen molar-refractivity contribution in [2.45, 2.75) is 20.4 Å². The van der Waals surface area contributed by atoms with Crippen LogP contribution < -0.4 is 5.30 Å². The van der Waals surface area contributed by atoms with Crippen LogP contribution in [-0.2, 0) is 20.2 Å². The number of hydrogen-bond donors (Lipinski definition) is 0. The Kier molecular flexibility index (Phi) is 3.33.